The van der Waals surface area contributed by atoms with Gasteiger partial charge >= 0.3 is 0 Å². The standard InChI is InChI=1S/C86H71BN4/c1-56-47-64(55-86(5,6)54-56)63-49-80-82-81(50-63)91(84-70(60-31-19-11-20-32-60)37-24-38-71(84)61-33-21-12-22-34-61)79-53-67(89-76-45-40-65(85(2,3)4)51-72(76)73-52-66(88-7)41-46-77(73)89)42-44-75(79)87(82)74-43-39-62(57-25-13-8-14-26-57)48-78(74)90(80)83-68(58-27-15-9-16-28-58)35-23-36-69(83)59-29-17-10-18-30-59/h8-46,48-53,56,64H,47,54-55H2,1-6H3. The third kappa shape index (κ3) is 9.59. The second-order valence-electron chi connectivity index (χ2n) is 27.6. The molecule has 1 saturated carbocycles. The summed E-state index contributed by atoms with van der Waals surface area (Å²) in [5.41, 5.74) is 29.0. The van der Waals surface area contributed by atoms with Crippen molar-refractivity contribution in [1.29, 1.82) is 0 Å². The van der Waals surface area contributed by atoms with Crippen LogP contribution in [0.3, 0.4) is 0 Å². The van der Waals surface area contributed by atoms with Gasteiger partial charge in [-0.25, -0.2) is 4.85 Å². The number of aromatic nitrogens is 1. The van der Waals surface area contributed by atoms with Crippen molar-refractivity contribution in [3.63, 3.8) is 0 Å². The van der Waals surface area contributed by atoms with Crippen LogP contribution in [0.1, 0.15) is 77.8 Å². The molecule has 0 saturated heterocycles. The highest BCUT2D eigenvalue weighted by atomic mass is 15.2. The zero-order valence-corrected chi connectivity index (χ0v) is 52.6. The van der Waals surface area contributed by atoms with Crippen molar-refractivity contribution in [2.45, 2.75) is 72.1 Å². The van der Waals surface area contributed by atoms with Crippen LogP contribution in [0.15, 0.2) is 273 Å². The lowest BCUT2D eigenvalue weighted by Crippen LogP contribution is -2.61. The van der Waals surface area contributed by atoms with Gasteiger partial charge in [-0.1, -0.05) is 260 Å². The van der Waals surface area contributed by atoms with Crippen molar-refractivity contribution in [1.82, 2.24) is 4.57 Å². The Morgan fingerprint density at radius 3 is 1.38 bits per heavy atom. The molecule has 1 fully saturated rings. The van der Waals surface area contributed by atoms with Gasteiger partial charge < -0.3 is 14.4 Å². The molecule has 2 atom stereocenters. The first-order valence-electron chi connectivity index (χ1n) is 32.4. The Kier molecular flexibility index (Phi) is 13.5. The third-order valence-corrected chi connectivity index (χ3v) is 19.9. The van der Waals surface area contributed by atoms with Crippen LogP contribution in [-0.2, 0) is 5.41 Å². The number of benzene rings is 12. The quantitative estimate of drug-likeness (QED) is 0.106. The smallest absolute Gasteiger partial charge is 0.252 e. The summed E-state index contributed by atoms with van der Waals surface area (Å²) in [6.07, 6.45) is 3.38. The average Bonchev–Trinajstić information content (AvgIpc) is 1.45. The minimum absolute atomic E-state index is 0.0774. The van der Waals surface area contributed by atoms with Gasteiger partial charge in [0.2, 0.25) is 0 Å². The summed E-state index contributed by atoms with van der Waals surface area (Å²) in [6, 6.07) is 102. The van der Waals surface area contributed by atoms with Crippen LogP contribution in [0, 0.1) is 17.9 Å². The maximum atomic E-state index is 8.21. The maximum absolute atomic E-state index is 8.21. The molecule has 0 spiro atoms. The van der Waals surface area contributed by atoms with Crippen molar-refractivity contribution < 1.29 is 0 Å². The van der Waals surface area contributed by atoms with Gasteiger partial charge in [-0.15, -0.1) is 0 Å². The van der Waals surface area contributed by atoms with E-state index in [-0.39, 0.29) is 17.5 Å². The van der Waals surface area contributed by atoms with E-state index in [0.29, 0.717) is 17.5 Å². The van der Waals surface area contributed by atoms with Gasteiger partial charge in [0.15, 0.2) is 5.69 Å². The highest BCUT2D eigenvalue weighted by molar-refractivity contribution is 7.00. The molecule has 5 heteroatoms. The SMILES string of the molecule is [C-]#[N+]c1ccc2c(c1)c1cc(C(C)(C)C)ccc1n2-c1ccc2c(c1)N(c1c(-c3ccccc3)cccc1-c1ccccc1)c1cc(C3CC(C)CC(C)(C)C3)cc3c1B2c1ccc(-c2ccccc2)cc1N3c1c(-c2ccccc2)cccc1-c1ccccc1. The highest BCUT2D eigenvalue weighted by Crippen LogP contribution is 2.56. The van der Waals surface area contributed by atoms with Gasteiger partial charge in [-0.2, -0.15) is 0 Å². The first kappa shape index (κ1) is 55.9. The lowest BCUT2D eigenvalue weighted by atomic mass is 9.33. The number of hydrogen-bond donors (Lipinski definition) is 0. The molecule has 16 rings (SSSR count). The molecular formula is C86H71BN4. The summed E-state index contributed by atoms with van der Waals surface area (Å²) < 4.78 is 2.46. The monoisotopic (exact) mass is 1170 g/mol. The Morgan fingerprint density at radius 1 is 0.440 bits per heavy atom. The molecule has 1 aliphatic carbocycles. The molecule has 0 N–H and O–H groups in total. The number of fused-ring (bicyclic) bond motifs is 7. The summed E-state index contributed by atoms with van der Waals surface area (Å²) >= 11 is 0. The molecule has 1 aromatic heterocycles. The van der Waals surface area contributed by atoms with E-state index in [9.17, 15) is 0 Å². The van der Waals surface area contributed by atoms with E-state index in [1.54, 1.807) is 0 Å². The van der Waals surface area contributed by atoms with Crippen molar-refractivity contribution in [3.8, 4) is 61.3 Å². The summed E-state index contributed by atoms with van der Waals surface area (Å²) in [4.78, 5) is 9.41. The predicted molar refractivity (Wildman–Crippen MR) is 386 cm³/mol. The molecule has 13 aromatic rings. The molecule has 0 amide bonds. The average molecular weight is 1170 g/mol. The van der Waals surface area contributed by atoms with Crippen LogP contribution in [-0.4, -0.2) is 11.3 Å². The predicted octanol–water partition coefficient (Wildman–Crippen LogP) is 22.0. The second-order valence-corrected chi connectivity index (χ2v) is 27.6. The molecule has 0 bridgehead atoms. The zero-order chi connectivity index (χ0) is 61.7. The summed E-state index contributed by atoms with van der Waals surface area (Å²) in [6.45, 7) is 22.4. The van der Waals surface area contributed by atoms with E-state index < -0.39 is 0 Å². The van der Waals surface area contributed by atoms with Crippen LogP contribution in [0.4, 0.5) is 39.8 Å². The van der Waals surface area contributed by atoms with Gasteiger partial charge in [0, 0.05) is 56.1 Å². The minimum Gasteiger partial charge on any atom is -0.310 e. The van der Waals surface area contributed by atoms with Gasteiger partial charge in [-0.05, 0) is 163 Å². The van der Waals surface area contributed by atoms with Crippen LogP contribution in [0.2, 0.25) is 0 Å². The van der Waals surface area contributed by atoms with E-state index in [2.05, 4.69) is 328 Å². The topological polar surface area (TPSA) is 15.8 Å². The summed E-state index contributed by atoms with van der Waals surface area (Å²) in [5, 5.41) is 2.23. The van der Waals surface area contributed by atoms with Gasteiger partial charge in [-0.3, -0.25) is 0 Å². The molecule has 2 unspecified atom stereocenters. The highest BCUT2D eigenvalue weighted by Gasteiger charge is 2.46. The zero-order valence-electron chi connectivity index (χ0n) is 52.6. The Bertz CT molecular complexity index is 4900. The van der Waals surface area contributed by atoms with Crippen molar-refractivity contribution in [2.24, 2.45) is 11.3 Å². The molecule has 12 aromatic carbocycles. The number of anilines is 6. The molecule has 4 nitrogen and oxygen atoms in total. The van der Waals surface area contributed by atoms with Crippen molar-refractivity contribution in [2.75, 3.05) is 9.80 Å². The normalized spacial score (nSPS) is 15.7. The minimum atomic E-state index is -0.181. The number of hydrogen-bond acceptors (Lipinski definition) is 2. The number of para-hydroxylation sites is 2. The Morgan fingerprint density at radius 2 is 0.901 bits per heavy atom. The summed E-state index contributed by atoms with van der Waals surface area (Å²) in [5.74, 6) is 0.834. The van der Waals surface area contributed by atoms with E-state index in [1.165, 1.54) is 84.4 Å². The fraction of sp³-hybridized carbons (Fsp3) is 0.151. The van der Waals surface area contributed by atoms with E-state index in [0.717, 1.165) is 79.7 Å². The molecule has 3 aliphatic rings. The maximum Gasteiger partial charge on any atom is 0.252 e. The molecule has 2 aliphatic heterocycles. The largest absolute Gasteiger partial charge is 0.310 e. The first-order valence-corrected chi connectivity index (χ1v) is 32.4. The van der Waals surface area contributed by atoms with Gasteiger partial charge in [0.05, 0.1) is 29.0 Å². The van der Waals surface area contributed by atoms with Crippen LogP contribution >= 0.6 is 0 Å². The molecule has 438 valence electrons. The number of rotatable bonds is 9. The van der Waals surface area contributed by atoms with Crippen molar-refractivity contribution >= 4 is 84.7 Å². The van der Waals surface area contributed by atoms with Crippen LogP contribution in [0.5, 0.6) is 0 Å². The molecule has 3 heterocycles. The Balaban J connectivity index is 1.08. The Labute approximate surface area is 536 Å². The van der Waals surface area contributed by atoms with Gasteiger partial charge in [0.1, 0.15) is 0 Å². The fourth-order valence-electron chi connectivity index (χ4n) is 16.1. The van der Waals surface area contributed by atoms with Gasteiger partial charge in [0.25, 0.3) is 6.71 Å². The second kappa shape index (κ2) is 22.0. The molecular weight excluding hydrogens is 1100 g/mol. The van der Waals surface area contributed by atoms with E-state index in [1.807, 2.05) is 6.07 Å². The summed E-state index contributed by atoms with van der Waals surface area (Å²) in [7, 11) is 0. The third-order valence-electron chi connectivity index (χ3n) is 19.9. The fourth-order valence-corrected chi connectivity index (χ4v) is 16.1. The first-order chi connectivity index (χ1) is 44.4. The molecule has 0 radical (unpaired) electrons. The Hall–Kier alpha value is -10.4. The molecule has 91 heavy (non-hydrogen) atoms. The van der Waals surface area contributed by atoms with Crippen LogP contribution < -0.4 is 26.2 Å². The van der Waals surface area contributed by atoms with E-state index >= 15 is 0 Å². The number of nitrogens with zero attached hydrogens (tertiary/aromatic N) is 4. The van der Waals surface area contributed by atoms with Crippen molar-refractivity contribution in [3.05, 3.63) is 296 Å². The van der Waals surface area contributed by atoms with E-state index in [4.69, 9.17) is 6.57 Å². The lowest BCUT2D eigenvalue weighted by molar-refractivity contribution is 0.168. The van der Waals surface area contributed by atoms with Crippen LogP contribution in [0.25, 0.3) is 88.0 Å². The lowest BCUT2D eigenvalue weighted by Gasteiger charge is -2.47.